The molecule has 164 valence electrons. The number of fused-ring (bicyclic) bond motifs is 1. The van der Waals surface area contributed by atoms with Crippen molar-refractivity contribution in [2.45, 2.75) is 34.1 Å². The Kier molecular flexibility index (Phi) is 5.47. The summed E-state index contributed by atoms with van der Waals surface area (Å²) in [4.78, 5) is 4.90. The number of pyridine rings is 1. The molecule has 0 amide bonds. The van der Waals surface area contributed by atoms with E-state index in [1.165, 1.54) is 27.8 Å². The summed E-state index contributed by atoms with van der Waals surface area (Å²) in [5.41, 5.74) is 10.9. The van der Waals surface area contributed by atoms with Gasteiger partial charge in [-0.2, -0.15) is 0 Å². The highest BCUT2D eigenvalue weighted by molar-refractivity contribution is 6.31. The van der Waals surface area contributed by atoms with Gasteiger partial charge in [0.05, 0.1) is 23.1 Å². The van der Waals surface area contributed by atoms with Gasteiger partial charge in [0.1, 0.15) is 5.69 Å². The topological polar surface area (TPSA) is 43.6 Å². The first-order chi connectivity index (χ1) is 15.9. The Morgan fingerprint density at radius 1 is 0.818 bits per heavy atom. The lowest BCUT2D eigenvalue weighted by Gasteiger charge is -2.09. The van der Waals surface area contributed by atoms with Gasteiger partial charge in [-0.05, 0) is 97.8 Å². The van der Waals surface area contributed by atoms with Crippen molar-refractivity contribution in [2.75, 3.05) is 0 Å². The van der Waals surface area contributed by atoms with Crippen molar-refractivity contribution in [3.8, 4) is 17.1 Å². The minimum Gasteiger partial charge on any atom is -0.246 e. The van der Waals surface area contributed by atoms with Gasteiger partial charge in [0.15, 0.2) is 0 Å². The summed E-state index contributed by atoms with van der Waals surface area (Å²) in [5, 5.41) is 10.7. The quantitative estimate of drug-likeness (QED) is 0.296. The fourth-order valence-electron chi connectivity index (χ4n) is 4.20. The molecule has 2 aromatic heterocycles. The standard InChI is InChI=1S/C28H25ClN4/c1-17-13-23(14-18(2)20(17)4)33-16-28(31-32-33)27-11-9-24-22(6-5-7-26(24)30-27)15-21-8-10-25(29)19(3)12-21/h5-14,16H,15H2,1-4H3. The van der Waals surface area contributed by atoms with Crippen molar-refractivity contribution in [2.24, 2.45) is 0 Å². The molecule has 0 fully saturated rings. The maximum absolute atomic E-state index is 6.19. The number of rotatable bonds is 4. The molecule has 0 saturated carbocycles. The van der Waals surface area contributed by atoms with E-state index in [4.69, 9.17) is 16.6 Å². The maximum Gasteiger partial charge on any atom is 0.131 e. The van der Waals surface area contributed by atoms with Gasteiger partial charge in [-0.3, -0.25) is 0 Å². The fourth-order valence-corrected chi connectivity index (χ4v) is 4.32. The Labute approximate surface area is 198 Å². The normalized spacial score (nSPS) is 11.3. The molecule has 5 heteroatoms. The molecule has 0 aliphatic heterocycles. The van der Waals surface area contributed by atoms with Gasteiger partial charge in [0, 0.05) is 10.4 Å². The van der Waals surface area contributed by atoms with Gasteiger partial charge in [-0.15, -0.1) is 5.10 Å². The molecule has 0 unspecified atom stereocenters. The average Bonchev–Trinajstić information content (AvgIpc) is 3.30. The number of aryl methyl sites for hydroxylation is 3. The van der Waals surface area contributed by atoms with Gasteiger partial charge in [0.2, 0.25) is 0 Å². The third-order valence-corrected chi connectivity index (χ3v) is 6.80. The second-order valence-electron chi connectivity index (χ2n) is 8.69. The average molecular weight is 453 g/mol. The smallest absolute Gasteiger partial charge is 0.131 e. The second kappa shape index (κ2) is 8.45. The third kappa shape index (κ3) is 4.14. The van der Waals surface area contributed by atoms with Crippen LogP contribution in [-0.4, -0.2) is 20.0 Å². The SMILES string of the molecule is Cc1cc(Cc2cccc3nc(-c4cn(-c5cc(C)c(C)c(C)c5)nn4)ccc23)ccc1Cl. The molecule has 2 heterocycles. The van der Waals surface area contributed by atoms with Crippen molar-refractivity contribution in [3.05, 3.63) is 105 Å². The van der Waals surface area contributed by atoms with Crippen LogP contribution in [-0.2, 0) is 6.42 Å². The van der Waals surface area contributed by atoms with Crippen molar-refractivity contribution in [1.29, 1.82) is 0 Å². The Morgan fingerprint density at radius 2 is 1.61 bits per heavy atom. The first-order valence-corrected chi connectivity index (χ1v) is 11.4. The molecular formula is C28H25ClN4. The first kappa shape index (κ1) is 21.4. The van der Waals surface area contributed by atoms with Crippen molar-refractivity contribution < 1.29 is 0 Å². The summed E-state index contributed by atoms with van der Waals surface area (Å²) in [6, 6.07) is 20.9. The van der Waals surface area contributed by atoms with Gasteiger partial charge in [-0.25, -0.2) is 9.67 Å². The van der Waals surface area contributed by atoms with E-state index in [1.807, 2.05) is 36.0 Å². The van der Waals surface area contributed by atoms with E-state index in [1.54, 1.807) is 0 Å². The van der Waals surface area contributed by atoms with E-state index >= 15 is 0 Å². The number of aromatic nitrogens is 4. The molecule has 5 aromatic rings. The van der Waals surface area contributed by atoms with Crippen LogP contribution in [0.15, 0.2) is 66.9 Å². The monoisotopic (exact) mass is 452 g/mol. The zero-order chi connectivity index (χ0) is 23.1. The van der Waals surface area contributed by atoms with Crippen LogP contribution in [0, 0.1) is 27.7 Å². The lowest BCUT2D eigenvalue weighted by atomic mass is 9.99. The van der Waals surface area contributed by atoms with E-state index in [-0.39, 0.29) is 0 Å². The highest BCUT2D eigenvalue weighted by atomic mass is 35.5. The fraction of sp³-hybridized carbons (Fsp3) is 0.179. The molecule has 3 aromatic carbocycles. The first-order valence-electron chi connectivity index (χ1n) is 11.0. The Balaban J connectivity index is 1.48. The summed E-state index contributed by atoms with van der Waals surface area (Å²) < 4.78 is 1.82. The molecular weight excluding hydrogens is 428 g/mol. The summed E-state index contributed by atoms with van der Waals surface area (Å²) in [7, 11) is 0. The predicted octanol–water partition coefficient (Wildman–Crippen LogP) is 6.96. The summed E-state index contributed by atoms with van der Waals surface area (Å²) in [5.74, 6) is 0. The molecule has 0 saturated heterocycles. The summed E-state index contributed by atoms with van der Waals surface area (Å²) in [6.07, 6.45) is 2.77. The lowest BCUT2D eigenvalue weighted by Crippen LogP contribution is -1.98. The molecule has 4 nitrogen and oxygen atoms in total. The van der Waals surface area contributed by atoms with Crippen LogP contribution in [0.3, 0.4) is 0 Å². The highest BCUT2D eigenvalue weighted by Crippen LogP contribution is 2.26. The number of nitrogens with zero attached hydrogens (tertiary/aromatic N) is 4. The van der Waals surface area contributed by atoms with Crippen molar-refractivity contribution >= 4 is 22.5 Å². The molecule has 0 bridgehead atoms. The van der Waals surface area contributed by atoms with E-state index in [0.717, 1.165) is 45.0 Å². The molecule has 0 spiro atoms. The summed E-state index contributed by atoms with van der Waals surface area (Å²) >= 11 is 6.19. The van der Waals surface area contributed by atoms with Gasteiger partial charge >= 0.3 is 0 Å². The Hall–Kier alpha value is -3.50. The van der Waals surface area contributed by atoms with Crippen LogP contribution in [0.4, 0.5) is 0 Å². The van der Waals surface area contributed by atoms with E-state index in [9.17, 15) is 0 Å². The molecule has 0 aliphatic rings. The van der Waals surface area contributed by atoms with Gasteiger partial charge in [-0.1, -0.05) is 47.1 Å². The van der Waals surface area contributed by atoms with Crippen LogP contribution in [0.2, 0.25) is 5.02 Å². The number of benzene rings is 3. The molecule has 0 N–H and O–H groups in total. The highest BCUT2D eigenvalue weighted by Gasteiger charge is 2.11. The number of hydrogen-bond donors (Lipinski definition) is 0. The Morgan fingerprint density at radius 3 is 2.36 bits per heavy atom. The van der Waals surface area contributed by atoms with Crippen LogP contribution in [0.25, 0.3) is 28.0 Å². The van der Waals surface area contributed by atoms with E-state index in [0.29, 0.717) is 0 Å². The lowest BCUT2D eigenvalue weighted by molar-refractivity contribution is 0.801. The zero-order valence-corrected chi connectivity index (χ0v) is 20.0. The molecule has 0 radical (unpaired) electrons. The molecule has 5 rings (SSSR count). The van der Waals surface area contributed by atoms with E-state index in [2.05, 4.69) is 73.5 Å². The maximum atomic E-state index is 6.19. The third-order valence-electron chi connectivity index (χ3n) is 6.37. The number of halogens is 1. The van der Waals surface area contributed by atoms with Crippen LogP contribution < -0.4 is 0 Å². The van der Waals surface area contributed by atoms with Gasteiger partial charge in [0.25, 0.3) is 0 Å². The molecule has 0 atom stereocenters. The largest absolute Gasteiger partial charge is 0.246 e. The summed E-state index contributed by atoms with van der Waals surface area (Å²) in [6.45, 7) is 8.42. The molecule has 0 aliphatic carbocycles. The van der Waals surface area contributed by atoms with Crippen molar-refractivity contribution in [3.63, 3.8) is 0 Å². The minimum atomic E-state index is 0.756. The van der Waals surface area contributed by atoms with Gasteiger partial charge < -0.3 is 0 Å². The zero-order valence-electron chi connectivity index (χ0n) is 19.2. The Bertz CT molecular complexity index is 1480. The van der Waals surface area contributed by atoms with E-state index < -0.39 is 0 Å². The van der Waals surface area contributed by atoms with Crippen LogP contribution >= 0.6 is 11.6 Å². The van der Waals surface area contributed by atoms with Crippen molar-refractivity contribution in [1.82, 2.24) is 20.0 Å². The van der Waals surface area contributed by atoms with Crippen LogP contribution in [0.1, 0.15) is 33.4 Å². The number of hydrogen-bond acceptors (Lipinski definition) is 3. The van der Waals surface area contributed by atoms with Crippen LogP contribution in [0.5, 0.6) is 0 Å². The second-order valence-corrected chi connectivity index (χ2v) is 9.10. The minimum absolute atomic E-state index is 0.756. The predicted molar refractivity (Wildman–Crippen MR) is 135 cm³/mol. The molecule has 33 heavy (non-hydrogen) atoms.